The Hall–Kier alpha value is -4.86. The normalized spacial score (nSPS) is 14.1. The number of ether oxygens (including phenoxy) is 5. The molecule has 2 heterocycles. The third-order valence-electron chi connectivity index (χ3n) is 7.36. The van der Waals surface area contributed by atoms with Gasteiger partial charge >= 0.3 is 5.97 Å². The molecule has 0 N–H and O–H groups in total. The molecule has 0 radical (unpaired) electrons. The number of carbonyl (C=O) groups is 1. The van der Waals surface area contributed by atoms with Crippen molar-refractivity contribution in [2.45, 2.75) is 33.4 Å². The summed E-state index contributed by atoms with van der Waals surface area (Å²) in [5.41, 5.74) is 3.18. The summed E-state index contributed by atoms with van der Waals surface area (Å²) in [5.74, 6) is 1.43. The topological polar surface area (TPSA) is 121 Å². The zero-order valence-electron chi connectivity index (χ0n) is 26.5. The molecule has 1 atom stereocenters. The van der Waals surface area contributed by atoms with Gasteiger partial charge < -0.3 is 23.7 Å². The van der Waals surface area contributed by atoms with E-state index in [9.17, 15) is 9.59 Å². The monoisotopic (exact) mass is 717 g/mol. The molecule has 0 saturated carbocycles. The Morgan fingerprint density at radius 2 is 1.72 bits per heavy atom. The Morgan fingerprint density at radius 3 is 2.38 bits per heavy atom. The number of methoxy groups -OCH3 is 2. The molecule has 0 bridgehead atoms. The van der Waals surface area contributed by atoms with Crippen molar-refractivity contribution in [2.24, 2.45) is 4.99 Å². The molecular formula is C35H32BrN3O7S. The average Bonchev–Trinajstić information content (AvgIpc) is 3.37. The number of carbonyl (C=O) groups excluding carboxylic acids is 1. The van der Waals surface area contributed by atoms with E-state index < -0.39 is 12.0 Å². The second-order valence-corrected chi connectivity index (χ2v) is 12.1. The maximum atomic E-state index is 14.2. The summed E-state index contributed by atoms with van der Waals surface area (Å²) in [4.78, 5) is 32.6. The molecule has 1 aromatic heterocycles. The molecule has 4 aromatic rings. The quantitative estimate of drug-likeness (QED) is 0.189. The lowest BCUT2D eigenvalue weighted by Crippen LogP contribution is -2.40. The maximum absolute atomic E-state index is 14.2. The Morgan fingerprint density at radius 1 is 1.00 bits per heavy atom. The molecule has 0 saturated heterocycles. The Balaban J connectivity index is 1.58. The number of esters is 1. The summed E-state index contributed by atoms with van der Waals surface area (Å²) in [5, 5.41) is 9.05. The van der Waals surface area contributed by atoms with Crippen molar-refractivity contribution in [2.75, 3.05) is 27.4 Å². The van der Waals surface area contributed by atoms with E-state index in [2.05, 4.69) is 27.0 Å². The smallest absolute Gasteiger partial charge is 0.338 e. The predicted molar refractivity (Wildman–Crippen MR) is 181 cm³/mol. The number of fused-ring (bicyclic) bond motifs is 1. The van der Waals surface area contributed by atoms with Gasteiger partial charge in [0, 0.05) is 4.47 Å². The molecule has 5 rings (SSSR count). The van der Waals surface area contributed by atoms with Gasteiger partial charge in [-0.2, -0.15) is 5.26 Å². The predicted octanol–water partition coefficient (Wildman–Crippen LogP) is 5.43. The van der Waals surface area contributed by atoms with Crippen LogP contribution in [0.5, 0.6) is 23.0 Å². The van der Waals surface area contributed by atoms with Crippen LogP contribution in [0.25, 0.3) is 6.08 Å². The molecule has 10 nitrogen and oxygen atoms in total. The van der Waals surface area contributed by atoms with E-state index in [1.807, 2.05) is 31.2 Å². The van der Waals surface area contributed by atoms with Crippen molar-refractivity contribution in [3.63, 3.8) is 0 Å². The van der Waals surface area contributed by atoms with Gasteiger partial charge in [-0.25, -0.2) is 9.79 Å². The van der Waals surface area contributed by atoms with E-state index in [0.717, 1.165) is 11.1 Å². The van der Waals surface area contributed by atoms with Crippen molar-refractivity contribution in [1.82, 2.24) is 4.57 Å². The zero-order valence-corrected chi connectivity index (χ0v) is 28.9. The van der Waals surface area contributed by atoms with E-state index in [4.69, 9.17) is 28.9 Å². The van der Waals surface area contributed by atoms with Crippen LogP contribution in [0, 0.1) is 11.3 Å². The summed E-state index contributed by atoms with van der Waals surface area (Å²) in [7, 11) is 3.06. The van der Waals surface area contributed by atoms with Crippen LogP contribution in [-0.2, 0) is 16.1 Å². The molecule has 3 aromatic carbocycles. The first-order valence-electron chi connectivity index (χ1n) is 14.7. The van der Waals surface area contributed by atoms with Crippen molar-refractivity contribution < 1.29 is 28.5 Å². The first-order chi connectivity index (χ1) is 22.7. The molecule has 1 aliphatic rings. The number of rotatable bonds is 11. The van der Waals surface area contributed by atoms with Crippen LogP contribution in [0.3, 0.4) is 0 Å². The highest BCUT2D eigenvalue weighted by atomic mass is 79.9. The number of nitriles is 1. The summed E-state index contributed by atoms with van der Waals surface area (Å²) >= 11 is 4.84. The Kier molecular flexibility index (Phi) is 10.5. The van der Waals surface area contributed by atoms with Gasteiger partial charge in [0.25, 0.3) is 5.56 Å². The van der Waals surface area contributed by atoms with Crippen molar-refractivity contribution in [1.29, 1.82) is 5.26 Å². The van der Waals surface area contributed by atoms with Crippen LogP contribution in [0.1, 0.15) is 49.1 Å². The third kappa shape index (κ3) is 6.96. The fourth-order valence-electron chi connectivity index (χ4n) is 5.16. The molecule has 12 heteroatoms. The average molecular weight is 719 g/mol. The molecule has 0 fully saturated rings. The van der Waals surface area contributed by atoms with Gasteiger partial charge in [-0.3, -0.25) is 9.36 Å². The number of benzene rings is 3. The number of allylic oxidation sites excluding steroid dienone is 1. The Labute approximate surface area is 283 Å². The van der Waals surface area contributed by atoms with Crippen LogP contribution in [0.15, 0.2) is 80.1 Å². The maximum Gasteiger partial charge on any atom is 0.338 e. The first kappa shape index (κ1) is 33.5. The second kappa shape index (κ2) is 14.7. The van der Waals surface area contributed by atoms with Gasteiger partial charge in [-0.15, -0.1) is 0 Å². The van der Waals surface area contributed by atoms with Gasteiger partial charge in [0.1, 0.15) is 6.61 Å². The molecule has 1 aliphatic heterocycles. The highest BCUT2D eigenvalue weighted by Gasteiger charge is 2.35. The standard InChI is InChI=1S/C35H32BrN3O7S/c1-6-44-29-14-23(12-13-26(29)46-19-22-10-8-21(18-37)9-11-22)15-30-33(40)39-32(24-16-27(42-4)28(43-5)17-25(24)36)31(34(41)45-7-2)20(3)38-35(39)47-30/h8-17,32H,6-7,19H2,1-5H3/b30-15-/t32-/m1/s1. The second-order valence-electron chi connectivity index (χ2n) is 10.3. The minimum Gasteiger partial charge on any atom is -0.493 e. The fraction of sp³-hybridized carbons (Fsp3) is 0.257. The van der Waals surface area contributed by atoms with Gasteiger partial charge in [0.05, 0.1) is 60.9 Å². The lowest BCUT2D eigenvalue weighted by Gasteiger charge is -2.26. The number of hydrogen-bond acceptors (Lipinski definition) is 10. The zero-order chi connectivity index (χ0) is 33.7. The summed E-state index contributed by atoms with van der Waals surface area (Å²) in [6.45, 7) is 6.20. The molecule has 242 valence electrons. The van der Waals surface area contributed by atoms with Crippen LogP contribution in [0.4, 0.5) is 0 Å². The van der Waals surface area contributed by atoms with Crippen LogP contribution in [0.2, 0.25) is 0 Å². The Bertz CT molecular complexity index is 2080. The number of nitrogens with zero attached hydrogens (tertiary/aromatic N) is 3. The lowest BCUT2D eigenvalue weighted by molar-refractivity contribution is -0.139. The van der Waals surface area contributed by atoms with Crippen LogP contribution < -0.4 is 33.8 Å². The van der Waals surface area contributed by atoms with Crippen molar-refractivity contribution in [3.8, 4) is 29.1 Å². The highest BCUT2D eigenvalue weighted by Crippen LogP contribution is 2.41. The minimum absolute atomic E-state index is 0.162. The largest absolute Gasteiger partial charge is 0.493 e. The van der Waals surface area contributed by atoms with E-state index in [1.165, 1.54) is 30.1 Å². The number of aromatic nitrogens is 1. The van der Waals surface area contributed by atoms with Crippen molar-refractivity contribution >= 4 is 39.3 Å². The molecule has 0 spiro atoms. The SMILES string of the molecule is CCOC(=O)C1=C(C)N=c2s/c(=C\c3ccc(OCc4ccc(C#N)cc4)c(OCC)c3)c(=O)n2[C@@H]1c1cc(OC)c(OC)cc1Br. The first-order valence-corrected chi connectivity index (χ1v) is 16.3. The number of halogens is 1. The van der Waals surface area contributed by atoms with Gasteiger partial charge in [-0.1, -0.05) is 45.5 Å². The third-order valence-corrected chi connectivity index (χ3v) is 9.03. The molecule has 47 heavy (non-hydrogen) atoms. The molecule has 0 aliphatic carbocycles. The summed E-state index contributed by atoms with van der Waals surface area (Å²) in [6.07, 6.45) is 1.76. The van der Waals surface area contributed by atoms with Crippen LogP contribution in [-0.4, -0.2) is 38.0 Å². The fourth-order valence-corrected chi connectivity index (χ4v) is 6.74. The molecule has 0 amide bonds. The lowest BCUT2D eigenvalue weighted by atomic mass is 9.95. The van der Waals surface area contributed by atoms with E-state index in [-0.39, 0.29) is 24.3 Å². The number of hydrogen-bond donors (Lipinski definition) is 0. The van der Waals surface area contributed by atoms with Gasteiger partial charge in [0.2, 0.25) is 0 Å². The minimum atomic E-state index is -0.849. The highest BCUT2D eigenvalue weighted by molar-refractivity contribution is 9.10. The van der Waals surface area contributed by atoms with E-state index in [1.54, 1.807) is 50.3 Å². The summed E-state index contributed by atoms with van der Waals surface area (Å²) in [6, 6.07) is 17.4. The molecular weight excluding hydrogens is 686 g/mol. The van der Waals surface area contributed by atoms with Crippen LogP contribution >= 0.6 is 27.3 Å². The molecule has 0 unspecified atom stereocenters. The summed E-state index contributed by atoms with van der Waals surface area (Å²) < 4.78 is 30.9. The van der Waals surface area contributed by atoms with Crippen molar-refractivity contribution in [3.05, 3.63) is 112 Å². The van der Waals surface area contributed by atoms with E-state index >= 15 is 0 Å². The van der Waals surface area contributed by atoms with E-state index in [0.29, 0.717) is 60.2 Å². The number of thiazole rings is 1. The van der Waals surface area contributed by atoms with Gasteiger partial charge in [-0.05, 0) is 79.9 Å². The van der Waals surface area contributed by atoms with Gasteiger partial charge in [0.15, 0.2) is 27.8 Å².